The highest BCUT2D eigenvalue weighted by atomic mass is 16.5. The van der Waals surface area contributed by atoms with E-state index in [9.17, 15) is 4.79 Å². The average molecular weight is 258 g/mol. The number of aromatic nitrogens is 2. The summed E-state index contributed by atoms with van der Waals surface area (Å²) in [4.78, 5) is 14.2. The Labute approximate surface area is 113 Å². The van der Waals surface area contributed by atoms with Gasteiger partial charge in [-0.1, -0.05) is 31.9 Å². The third kappa shape index (κ3) is 3.68. The van der Waals surface area contributed by atoms with Gasteiger partial charge < -0.3 is 9.30 Å². The zero-order valence-electron chi connectivity index (χ0n) is 11.1. The summed E-state index contributed by atoms with van der Waals surface area (Å²) in [6, 6.07) is 8.36. The fourth-order valence-corrected chi connectivity index (χ4v) is 1.97. The van der Waals surface area contributed by atoms with Crippen molar-refractivity contribution in [2.75, 3.05) is 0 Å². The van der Waals surface area contributed by atoms with Crippen LogP contribution in [0.1, 0.15) is 31.7 Å². The van der Waals surface area contributed by atoms with Crippen LogP contribution < -0.4 is 4.74 Å². The molecule has 0 saturated carbocycles. The highest BCUT2D eigenvalue weighted by Gasteiger charge is 2.01. The highest BCUT2D eigenvalue weighted by Crippen LogP contribution is 2.15. The lowest BCUT2D eigenvalue weighted by molar-refractivity contribution is -0.120. The van der Waals surface area contributed by atoms with Crippen molar-refractivity contribution < 1.29 is 9.53 Å². The van der Waals surface area contributed by atoms with Gasteiger partial charge in [0.1, 0.15) is 6.33 Å². The predicted molar refractivity (Wildman–Crippen MR) is 73.5 cm³/mol. The fourth-order valence-electron chi connectivity index (χ4n) is 1.97. The van der Waals surface area contributed by atoms with Crippen molar-refractivity contribution in [3.63, 3.8) is 0 Å². The molecular weight excluding hydrogens is 240 g/mol. The Morgan fingerprint density at radius 3 is 2.74 bits per heavy atom. The number of carbonyl (C=O) groups excluding carboxylic acids is 1. The first-order valence-corrected chi connectivity index (χ1v) is 6.57. The number of ether oxygens (including phenoxy) is 1. The molecular formula is C15H18N2O2. The normalized spacial score (nSPS) is 10.4. The van der Waals surface area contributed by atoms with Gasteiger partial charge >= 0.3 is 0 Å². The minimum atomic E-state index is 0.307. The molecule has 0 amide bonds. The maximum atomic E-state index is 10.2. The van der Waals surface area contributed by atoms with Crippen LogP contribution in [0.15, 0.2) is 36.8 Å². The van der Waals surface area contributed by atoms with E-state index in [1.807, 2.05) is 16.7 Å². The van der Waals surface area contributed by atoms with Crippen molar-refractivity contribution in [2.45, 2.75) is 32.6 Å². The molecule has 0 saturated heterocycles. The number of unbranched alkanes of at least 4 members (excludes halogenated alkanes) is 2. The van der Waals surface area contributed by atoms with Crippen molar-refractivity contribution in [3.05, 3.63) is 42.4 Å². The number of benzene rings is 1. The van der Waals surface area contributed by atoms with E-state index in [4.69, 9.17) is 0 Å². The van der Waals surface area contributed by atoms with Crippen molar-refractivity contribution in [2.24, 2.45) is 0 Å². The highest BCUT2D eigenvalue weighted by molar-refractivity contribution is 5.43. The molecule has 2 rings (SSSR count). The maximum Gasteiger partial charge on any atom is 0.299 e. The number of hydrogen-bond acceptors (Lipinski definition) is 3. The van der Waals surface area contributed by atoms with Gasteiger partial charge in [-0.25, -0.2) is 4.98 Å². The first kappa shape index (κ1) is 13.3. The van der Waals surface area contributed by atoms with E-state index in [0.29, 0.717) is 12.4 Å². The lowest BCUT2D eigenvalue weighted by atomic mass is 10.1. The molecule has 0 aliphatic carbocycles. The van der Waals surface area contributed by atoms with Gasteiger partial charge in [0.05, 0.1) is 6.20 Å². The molecule has 0 spiro atoms. The number of carbonyl (C=O) groups is 1. The summed E-state index contributed by atoms with van der Waals surface area (Å²) in [5, 5.41) is 0. The topological polar surface area (TPSA) is 44.1 Å². The Hall–Kier alpha value is -2.10. The number of nitrogens with zero attached hydrogens (tertiary/aromatic N) is 2. The Kier molecular flexibility index (Phi) is 4.72. The molecule has 0 fully saturated rings. The lowest BCUT2D eigenvalue weighted by Crippen LogP contribution is -1.92. The number of hydrogen-bond donors (Lipinski definition) is 0. The van der Waals surface area contributed by atoms with Gasteiger partial charge in [-0.3, -0.25) is 4.79 Å². The minimum Gasteiger partial charge on any atom is -0.408 e. The zero-order valence-corrected chi connectivity index (χ0v) is 11.1. The summed E-state index contributed by atoms with van der Waals surface area (Å²) < 4.78 is 6.51. The molecule has 0 aliphatic rings. The molecule has 1 heterocycles. The van der Waals surface area contributed by atoms with Crippen LogP contribution in [0.25, 0.3) is 5.69 Å². The second-order valence-corrected chi connectivity index (χ2v) is 4.46. The Balaban J connectivity index is 2.02. The van der Waals surface area contributed by atoms with E-state index in [2.05, 4.69) is 28.8 Å². The van der Waals surface area contributed by atoms with E-state index in [0.717, 1.165) is 12.1 Å². The third-order valence-corrected chi connectivity index (χ3v) is 3.03. The van der Waals surface area contributed by atoms with Gasteiger partial charge in [0.2, 0.25) is 5.88 Å². The predicted octanol–water partition coefficient (Wildman–Crippen LogP) is 3.14. The van der Waals surface area contributed by atoms with Crippen LogP contribution in [0.4, 0.5) is 0 Å². The molecule has 0 radical (unpaired) electrons. The molecule has 0 unspecified atom stereocenters. The number of aryl methyl sites for hydroxylation is 1. The second kappa shape index (κ2) is 6.73. The van der Waals surface area contributed by atoms with E-state index in [-0.39, 0.29) is 0 Å². The van der Waals surface area contributed by atoms with Crippen LogP contribution in [0.3, 0.4) is 0 Å². The van der Waals surface area contributed by atoms with Gasteiger partial charge in [-0.15, -0.1) is 0 Å². The summed E-state index contributed by atoms with van der Waals surface area (Å²) in [6.07, 6.45) is 8.18. The molecule has 19 heavy (non-hydrogen) atoms. The van der Waals surface area contributed by atoms with Gasteiger partial charge in [-0.05, 0) is 30.5 Å². The molecule has 0 aliphatic heterocycles. The standard InChI is InChI=1S/C15H18N2O2/c1-2-3-4-5-13-6-8-14(9-7-13)17-10-15(16-11-17)19-12-18/h6-12H,2-5H2,1H3. The molecule has 0 N–H and O–H groups in total. The molecule has 2 aromatic rings. The third-order valence-electron chi connectivity index (χ3n) is 3.03. The average Bonchev–Trinajstić information content (AvgIpc) is 2.89. The number of rotatable bonds is 7. The summed E-state index contributed by atoms with van der Waals surface area (Å²) in [5.74, 6) is 0.307. The van der Waals surface area contributed by atoms with Crippen LogP contribution in [-0.4, -0.2) is 16.0 Å². The molecule has 1 aromatic carbocycles. The van der Waals surface area contributed by atoms with Crippen LogP contribution in [0.2, 0.25) is 0 Å². The Bertz CT molecular complexity index is 517. The number of imidazole rings is 1. The van der Waals surface area contributed by atoms with Crippen LogP contribution in [-0.2, 0) is 11.2 Å². The van der Waals surface area contributed by atoms with Crippen LogP contribution >= 0.6 is 0 Å². The monoisotopic (exact) mass is 258 g/mol. The summed E-state index contributed by atoms with van der Waals surface area (Å²) in [5.41, 5.74) is 2.36. The molecule has 4 nitrogen and oxygen atoms in total. The van der Waals surface area contributed by atoms with E-state index in [1.54, 1.807) is 12.5 Å². The summed E-state index contributed by atoms with van der Waals surface area (Å²) in [6.45, 7) is 2.59. The van der Waals surface area contributed by atoms with Crippen molar-refractivity contribution >= 4 is 6.47 Å². The van der Waals surface area contributed by atoms with E-state index in [1.165, 1.54) is 24.8 Å². The van der Waals surface area contributed by atoms with Gasteiger partial charge in [-0.2, -0.15) is 0 Å². The smallest absolute Gasteiger partial charge is 0.299 e. The fraction of sp³-hybridized carbons (Fsp3) is 0.333. The van der Waals surface area contributed by atoms with Crippen LogP contribution in [0.5, 0.6) is 5.88 Å². The quantitative estimate of drug-likeness (QED) is 0.566. The molecule has 1 aromatic heterocycles. The van der Waals surface area contributed by atoms with Crippen molar-refractivity contribution in [1.82, 2.24) is 9.55 Å². The Morgan fingerprint density at radius 1 is 1.26 bits per heavy atom. The van der Waals surface area contributed by atoms with Gasteiger partial charge in [0, 0.05) is 5.69 Å². The maximum absolute atomic E-state index is 10.2. The molecule has 4 heteroatoms. The second-order valence-electron chi connectivity index (χ2n) is 4.46. The molecule has 0 atom stereocenters. The minimum absolute atomic E-state index is 0.307. The first-order valence-electron chi connectivity index (χ1n) is 6.57. The van der Waals surface area contributed by atoms with E-state index >= 15 is 0 Å². The Morgan fingerprint density at radius 2 is 2.05 bits per heavy atom. The SMILES string of the molecule is CCCCCc1ccc(-n2cnc(OC=O)c2)cc1. The lowest BCUT2D eigenvalue weighted by Gasteiger charge is -2.04. The van der Waals surface area contributed by atoms with Gasteiger partial charge in [0.15, 0.2) is 0 Å². The van der Waals surface area contributed by atoms with Crippen molar-refractivity contribution in [3.8, 4) is 11.6 Å². The molecule has 0 bridgehead atoms. The summed E-state index contributed by atoms with van der Waals surface area (Å²) in [7, 11) is 0. The van der Waals surface area contributed by atoms with E-state index < -0.39 is 0 Å². The summed E-state index contributed by atoms with van der Waals surface area (Å²) >= 11 is 0. The largest absolute Gasteiger partial charge is 0.408 e. The molecule has 100 valence electrons. The van der Waals surface area contributed by atoms with Crippen LogP contribution in [0, 0.1) is 0 Å². The first-order chi connectivity index (χ1) is 9.33. The zero-order chi connectivity index (χ0) is 13.5. The van der Waals surface area contributed by atoms with Crippen molar-refractivity contribution in [1.29, 1.82) is 0 Å². The van der Waals surface area contributed by atoms with Gasteiger partial charge in [0.25, 0.3) is 6.47 Å².